The lowest BCUT2D eigenvalue weighted by Gasteiger charge is -2.16. The van der Waals surface area contributed by atoms with Crippen molar-refractivity contribution in [2.75, 3.05) is 18.4 Å². The number of aromatic nitrogens is 1. The Hall–Kier alpha value is -2.41. The van der Waals surface area contributed by atoms with Gasteiger partial charge in [0.25, 0.3) is 0 Å². The number of aryl methyl sites for hydroxylation is 1. The van der Waals surface area contributed by atoms with Gasteiger partial charge >= 0.3 is 5.97 Å². The number of nitrogens with one attached hydrogen (secondary N) is 1. The number of nitrogens with zero attached hydrogens (tertiary/aromatic N) is 1. The quantitative estimate of drug-likeness (QED) is 0.781. The first-order valence-corrected chi connectivity index (χ1v) is 7.51. The summed E-state index contributed by atoms with van der Waals surface area (Å²) in [7, 11) is 0. The van der Waals surface area contributed by atoms with Gasteiger partial charge in [-0.2, -0.15) is 0 Å². The zero-order valence-electron chi connectivity index (χ0n) is 12.7. The number of carboxylic acids is 1. The molecule has 122 valence electrons. The third kappa shape index (κ3) is 2.57. The Kier molecular flexibility index (Phi) is 3.81. The topological polar surface area (TPSA) is 97.3 Å². The maximum absolute atomic E-state index is 14.5. The number of aromatic carboxylic acids is 1. The van der Waals surface area contributed by atoms with Crippen molar-refractivity contribution in [3.63, 3.8) is 0 Å². The van der Waals surface area contributed by atoms with Gasteiger partial charge in [-0.3, -0.25) is 4.79 Å². The SMILES string of the molecule is Cc1c(F)c(NCCN)cc2c1c(=O)c(C(=O)O)cn2C1CC1. The number of rotatable bonds is 5. The monoisotopic (exact) mass is 319 g/mol. The zero-order chi connectivity index (χ0) is 16.7. The molecular formula is C16H18FN3O3. The second-order valence-electron chi connectivity index (χ2n) is 5.79. The molecule has 1 saturated carbocycles. The molecule has 23 heavy (non-hydrogen) atoms. The van der Waals surface area contributed by atoms with E-state index in [9.17, 15) is 19.1 Å². The van der Waals surface area contributed by atoms with Crippen molar-refractivity contribution in [2.24, 2.45) is 5.73 Å². The van der Waals surface area contributed by atoms with Crippen LogP contribution in [0.3, 0.4) is 0 Å². The lowest BCUT2D eigenvalue weighted by atomic mass is 10.0. The molecule has 1 aliphatic carbocycles. The Morgan fingerprint density at radius 3 is 2.78 bits per heavy atom. The standard InChI is InChI=1S/C16H18FN3O3/c1-8-13-12(6-11(14(8)17)19-5-4-18)20(9-2-3-9)7-10(15(13)21)16(22)23/h6-7,9,19H,2-5,18H2,1H3,(H,22,23). The summed E-state index contributed by atoms with van der Waals surface area (Å²) in [5.74, 6) is -1.84. The minimum absolute atomic E-state index is 0.132. The largest absolute Gasteiger partial charge is 0.477 e. The fourth-order valence-electron chi connectivity index (χ4n) is 2.81. The molecule has 2 aromatic rings. The van der Waals surface area contributed by atoms with Crippen LogP contribution in [0, 0.1) is 12.7 Å². The van der Waals surface area contributed by atoms with Crippen molar-refractivity contribution in [3.05, 3.63) is 39.4 Å². The van der Waals surface area contributed by atoms with E-state index in [-0.39, 0.29) is 28.2 Å². The summed E-state index contributed by atoms with van der Waals surface area (Å²) in [4.78, 5) is 23.8. The van der Waals surface area contributed by atoms with E-state index in [1.807, 2.05) is 0 Å². The molecule has 0 saturated heterocycles. The number of anilines is 1. The molecule has 0 aliphatic heterocycles. The lowest BCUT2D eigenvalue weighted by Crippen LogP contribution is -2.21. The van der Waals surface area contributed by atoms with Crippen LogP contribution in [0.25, 0.3) is 10.9 Å². The molecule has 0 spiro atoms. The van der Waals surface area contributed by atoms with Crippen molar-refractivity contribution in [1.82, 2.24) is 4.57 Å². The van der Waals surface area contributed by atoms with Crippen molar-refractivity contribution in [2.45, 2.75) is 25.8 Å². The Labute approximate surface area is 131 Å². The van der Waals surface area contributed by atoms with Crippen molar-refractivity contribution in [1.29, 1.82) is 0 Å². The van der Waals surface area contributed by atoms with Gasteiger partial charge in [0, 0.05) is 30.9 Å². The fourth-order valence-corrected chi connectivity index (χ4v) is 2.81. The highest BCUT2D eigenvalue weighted by atomic mass is 19.1. The Morgan fingerprint density at radius 1 is 1.52 bits per heavy atom. The van der Waals surface area contributed by atoms with Crippen molar-refractivity contribution >= 4 is 22.6 Å². The van der Waals surface area contributed by atoms with Crippen molar-refractivity contribution in [3.8, 4) is 0 Å². The number of nitrogens with two attached hydrogens (primary N) is 1. The smallest absolute Gasteiger partial charge is 0.341 e. The van der Waals surface area contributed by atoms with E-state index < -0.39 is 17.2 Å². The zero-order valence-corrected chi connectivity index (χ0v) is 12.7. The minimum atomic E-state index is -1.29. The minimum Gasteiger partial charge on any atom is -0.477 e. The van der Waals surface area contributed by atoms with Crippen LogP contribution in [0.15, 0.2) is 17.1 Å². The number of carboxylic acid groups (broad SMARTS) is 1. The molecule has 0 amide bonds. The Morgan fingerprint density at radius 2 is 2.22 bits per heavy atom. The van der Waals surface area contributed by atoms with Gasteiger partial charge in [-0.25, -0.2) is 9.18 Å². The maximum atomic E-state index is 14.5. The first-order chi connectivity index (χ1) is 11.0. The average molecular weight is 319 g/mol. The Balaban J connectivity index is 2.35. The number of fused-ring (bicyclic) bond motifs is 1. The third-order valence-electron chi connectivity index (χ3n) is 4.13. The highest BCUT2D eigenvalue weighted by Gasteiger charge is 2.28. The predicted octanol–water partition coefficient (Wildman–Crippen LogP) is 1.85. The molecular weight excluding hydrogens is 301 g/mol. The van der Waals surface area contributed by atoms with Crippen LogP contribution in [0.1, 0.15) is 34.8 Å². The average Bonchev–Trinajstić information content (AvgIpc) is 3.33. The molecule has 6 nitrogen and oxygen atoms in total. The van der Waals surface area contributed by atoms with E-state index in [2.05, 4.69) is 5.32 Å². The summed E-state index contributed by atoms with van der Waals surface area (Å²) in [5, 5.41) is 12.3. The molecule has 1 aromatic carbocycles. The summed E-state index contributed by atoms with van der Waals surface area (Å²) < 4.78 is 16.3. The third-order valence-corrected chi connectivity index (χ3v) is 4.13. The first kappa shape index (κ1) is 15.5. The van der Waals surface area contributed by atoms with Crippen LogP contribution in [0.2, 0.25) is 0 Å². The summed E-state index contributed by atoms with van der Waals surface area (Å²) in [6.45, 7) is 2.25. The number of hydrogen-bond acceptors (Lipinski definition) is 4. The van der Waals surface area contributed by atoms with Gasteiger partial charge in [0.1, 0.15) is 11.4 Å². The highest BCUT2D eigenvalue weighted by Crippen LogP contribution is 2.38. The van der Waals surface area contributed by atoms with Gasteiger partial charge in [-0.15, -0.1) is 0 Å². The lowest BCUT2D eigenvalue weighted by molar-refractivity contribution is 0.0695. The van der Waals surface area contributed by atoms with Crippen LogP contribution < -0.4 is 16.5 Å². The second-order valence-corrected chi connectivity index (χ2v) is 5.79. The molecule has 1 heterocycles. The van der Waals surface area contributed by atoms with Crippen LogP contribution in [0.5, 0.6) is 0 Å². The summed E-state index contributed by atoms with van der Waals surface area (Å²) in [6.07, 6.45) is 3.20. The molecule has 1 aromatic heterocycles. The molecule has 0 atom stereocenters. The van der Waals surface area contributed by atoms with Gasteiger partial charge in [-0.05, 0) is 25.8 Å². The van der Waals surface area contributed by atoms with Crippen LogP contribution in [-0.4, -0.2) is 28.7 Å². The highest BCUT2D eigenvalue weighted by molar-refractivity contribution is 5.95. The van der Waals surface area contributed by atoms with Gasteiger partial charge in [0.2, 0.25) is 5.43 Å². The number of carbonyl (C=O) groups is 1. The molecule has 4 N–H and O–H groups in total. The van der Waals surface area contributed by atoms with E-state index in [4.69, 9.17) is 5.73 Å². The molecule has 7 heteroatoms. The second kappa shape index (κ2) is 5.66. The molecule has 0 unspecified atom stereocenters. The Bertz CT molecular complexity index is 856. The van der Waals surface area contributed by atoms with Gasteiger partial charge in [-0.1, -0.05) is 0 Å². The van der Waals surface area contributed by atoms with E-state index in [1.54, 1.807) is 10.6 Å². The fraction of sp³-hybridized carbons (Fsp3) is 0.375. The van der Waals surface area contributed by atoms with E-state index in [0.717, 1.165) is 12.8 Å². The number of halogens is 1. The summed E-state index contributed by atoms with van der Waals surface area (Å²) in [5.41, 5.74) is 5.45. The summed E-state index contributed by atoms with van der Waals surface area (Å²) in [6, 6.07) is 1.72. The van der Waals surface area contributed by atoms with E-state index in [1.165, 1.54) is 13.1 Å². The van der Waals surface area contributed by atoms with E-state index in [0.29, 0.717) is 18.6 Å². The molecule has 1 fully saturated rings. The maximum Gasteiger partial charge on any atom is 0.341 e. The number of benzene rings is 1. The predicted molar refractivity (Wildman–Crippen MR) is 85.7 cm³/mol. The van der Waals surface area contributed by atoms with Gasteiger partial charge in [0.15, 0.2) is 0 Å². The van der Waals surface area contributed by atoms with Crippen LogP contribution in [-0.2, 0) is 0 Å². The van der Waals surface area contributed by atoms with Gasteiger partial charge in [0.05, 0.1) is 16.6 Å². The molecule has 3 rings (SSSR count). The van der Waals surface area contributed by atoms with Crippen LogP contribution in [0.4, 0.5) is 10.1 Å². The molecule has 1 aliphatic rings. The van der Waals surface area contributed by atoms with Crippen LogP contribution >= 0.6 is 0 Å². The first-order valence-electron chi connectivity index (χ1n) is 7.51. The number of pyridine rings is 1. The van der Waals surface area contributed by atoms with Crippen molar-refractivity contribution < 1.29 is 14.3 Å². The number of hydrogen-bond donors (Lipinski definition) is 3. The molecule has 0 radical (unpaired) electrons. The van der Waals surface area contributed by atoms with Gasteiger partial charge < -0.3 is 20.7 Å². The van der Waals surface area contributed by atoms with E-state index >= 15 is 0 Å². The normalized spacial score (nSPS) is 14.2. The molecule has 0 bridgehead atoms. The summed E-state index contributed by atoms with van der Waals surface area (Å²) >= 11 is 0.